The third-order valence-corrected chi connectivity index (χ3v) is 4.42. The summed E-state index contributed by atoms with van der Waals surface area (Å²) in [5.41, 5.74) is 0.723. The number of likely N-dealkylation sites (N-methyl/N-ethyl adjacent to an activating group) is 1. The van der Waals surface area contributed by atoms with Crippen LogP contribution in [0, 0.1) is 3.57 Å². The highest BCUT2D eigenvalue weighted by Crippen LogP contribution is 2.20. The molecule has 1 atom stereocenters. The van der Waals surface area contributed by atoms with E-state index in [1.807, 2.05) is 25.2 Å². The summed E-state index contributed by atoms with van der Waals surface area (Å²) in [6.45, 7) is 3.00. The van der Waals surface area contributed by atoms with Gasteiger partial charge in [0.25, 0.3) is 5.91 Å². The van der Waals surface area contributed by atoms with E-state index in [0.29, 0.717) is 13.2 Å². The number of rotatable bonds is 3. The molecule has 1 aliphatic rings. The summed E-state index contributed by atoms with van der Waals surface area (Å²) in [7, 11) is 1.82. The van der Waals surface area contributed by atoms with E-state index < -0.39 is 0 Å². The molecule has 0 radical (unpaired) electrons. The van der Waals surface area contributed by atoms with Crippen LogP contribution in [0.15, 0.2) is 22.7 Å². The second-order valence-corrected chi connectivity index (χ2v) is 6.58. The van der Waals surface area contributed by atoms with Gasteiger partial charge in [-0.3, -0.25) is 4.79 Å². The summed E-state index contributed by atoms with van der Waals surface area (Å²) in [6, 6.07) is 5.73. The second-order valence-electron chi connectivity index (χ2n) is 4.51. The Kier molecular flexibility index (Phi) is 5.61. The van der Waals surface area contributed by atoms with Gasteiger partial charge in [-0.25, -0.2) is 0 Å². The van der Waals surface area contributed by atoms with Crippen LogP contribution >= 0.6 is 38.5 Å². The van der Waals surface area contributed by atoms with Crippen LogP contribution in [0.1, 0.15) is 10.4 Å². The van der Waals surface area contributed by atoms with Crippen molar-refractivity contribution >= 4 is 44.4 Å². The van der Waals surface area contributed by atoms with Crippen LogP contribution in [0.5, 0.6) is 0 Å². The zero-order valence-electron chi connectivity index (χ0n) is 10.7. The van der Waals surface area contributed by atoms with Crippen molar-refractivity contribution in [3.63, 3.8) is 0 Å². The number of amides is 1. The van der Waals surface area contributed by atoms with Crippen molar-refractivity contribution in [2.75, 3.05) is 33.3 Å². The first kappa shape index (κ1) is 15.2. The number of halogens is 2. The van der Waals surface area contributed by atoms with Gasteiger partial charge in [0.15, 0.2) is 0 Å². The van der Waals surface area contributed by atoms with Gasteiger partial charge in [-0.05, 0) is 40.8 Å². The number of nitrogens with one attached hydrogen (secondary N) is 1. The quantitative estimate of drug-likeness (QED) is 0.735. The van der Waals surface area contributed by atoms with Crippen molar-refractivity contribution in [1.29, 1.82) is 0 Å². The summed E-state index contributed by atoms with van der Waals surface area (Å²) in [5.74, 6) is 0.0277. The number of carbonyl (C=O) groups is 1. The number of morpholine rings is 1. The second kappa shape index (κ2) is 7.01. The summed E-state index contributed by atoms with van der Waals surface area (Å²) in [5, 5.41) is 3.27. The molecule has 4 nitrogen and oxygen atoms in total. The van der Waals surface area contributed by atoms with Crippen molar-refractivity contribution in [3.8, 4) is 0 Å². The fourth-order valence-electron chi connectivity index (χ4n) is 1.99. The highest BCUT2D eigenvalue weighted by Gasteiger charge is 2.20. The number of ether oxygens (including phenoxy) is 1. The average Bonchev–Trinajstić information content (AvgIpc) is 2.42. The fraction of sp³-hybridized carbons (Fsp3) is 0.462. The Morgan fingerprint density at radius 1 is 1.63 bits per heavy atom. The molecule has 0 aliphatic carbocycles. The number of carbonyl (C=O) groups excluding carboxylic acids is 1. The maximum Gasteiger partial charge on any atom is 0.254 e. The lowest BCUT2D eigenvalue weighted by Crippen LogP contribution is -2.45. The van der Waals surface area contributed by atoms with Crippen molar-refractivity contribution in [3.05, 3.63) is 31.8 Å². The molecule has 0 saturated carbocycles. The van der Waals surface area contributed by atoms with Gasteiger partial charge in [0.05, 0.1) is 18.3 Å². The van der Waals surface area contributed by atoms with E-state index in [2.05, 4.69) is 43.8 Å². The van der Waals surface area contributed by atoms with Crippen LogP contribution in [-0.4, -0.2) is 50.2 Å². The Morgan fingerprint density at radius 3 is 3.11 bits per heavy atom. The molecule has 104 valence electrons. The Bertz CT molecular complexity index is 464. The minimum atomic E-state index is 0.0277. The summed E-state index contributed by atoms with van der Waals surface area (Å²) >= 11 is 5.59. The lowest BCUT2D eigenvalue weighted by atomic mass is 10.2. The lowest BCUT2D eigenvalue weighted by Gasteiger charge is -2.28. The minimum absolute atomic E-state index is 0.0277. The van der Waals surface area contributed by atoms with Crippen LogP contribution in [-0.2, 0) is 4.74 Å². The minimum Gasteiger partial charge on any atom is -0.374 e. The number of hydrogen-bond acceptors (Lipinski definition) is 3. The van der Waals surface area contributed by atoms with Crippen LogP contribution in [0.3, 0.4) is 0 Å². The predicted octanol–water partition coefficient (Wildman–Crippen LogP) is 2.11. The van der Waals surface area contributed by atoms with E-state index >= 15 is 0 Å². The van der Waals surface area contributed by atoms with Gasteiger partial charge in [-0.2, -0.15) is 0 Å². The van der Waals surface area contributed by atoms with E-state index in [9.17, 15) is 4.79 Å². The average molecular weight is 439 g/mol. The first-order valence-electron chi connectivity index (χ1n) is 6.11. The maximum atomic E-state index is 12.4. The first-order valence-corrected chi connectivity index (χ1v) is 7.98. The molecule has 1 N–H and O–H groups in total. The molecule has 6 heteroatoms. The topological polar surface area (TPSA) is 41.6 Å². The standard InChI is InChI=1S/C13H16BrIN2O2/c1-17(8-10-7-16-4-5-19-10)13(18)11-6-9(14)2-3-12(11)15/h2-3,6,10,16H,4-5,7-8H2,1H3. The smallest absolute Gasteiger partial charge is 0.254 e. The largest absolute Gasteiger partial charge is 0.374 e. The van der Waals surface area contributed by atoms with Crippen molar-refractivity contribution in [1.82, 2.24) is 10.2 Å². The molecule has 1 aromatic carbocycles. The predicted molar refractivity (Wildman–Crippen MR) is 86.4 cm³/mol. The molecule has 1 saturated heterocycles. The number of nitrogens with zero attached hydrogens (tertiary/aromatic N) is 1. The van der Waals surface area contributed by atoms with Crippen LogP contribution in [0.2, 0.25) is 0 Å². The monoisotopic (exact) mass is 438 g/mol. The van der Waals surface area contributed by atoms with Crippen molar-refractivity contribution < 1.29 is 9.53 Å². The maximum absolute atomic E-state index is 12.4. The highest BCUT2D eigenvalue weighted by atomic mass is 127. The van der Waals surface area contributed by atoms with Crippen LogP contribution < -0.4 is 5.32 Å². The molecule has 1 fully saturated rings. The summed E-state index contributed by atoms with van der Waals surface area (Å²) in [6.07, 6.45) is 0.0764. The van der Waals surface area contributed by atoms with Gasteiger partial charge in [0, 0.05) is 34.7 Å². The van der Waals surface area contributed by atoms with E-state index in [1.54, 1.807) is 4.90 Å². The zero-order chi connectivity index (χ0) is 13.8. The summed E-state index contributed by atoms with van der Waals surface area (Å²) in [4.78, 5) is 14.1. The van der Waals surface area contributed by atoms with Crippen molar-refractivity contribution in [2.45, 2.75) is 6.10 Å². The number of benzene rings is 1. The van der Waals surface area contributed by atoms with Gasteiger partial charge in [-0.15, -0.1) is 0 Å². The Balaban J connectivity index is 2.03. The first-order chi connectivity index (χ1) is 9.08. The third kappa shape index (κ3) is 4.14. The van der Waals surface area contributed by atoms with Gasteiger partial charge < -0.3 is 15.0 Å². The van der Waals surface area contributed by atoms with E-state index in [0.717, 1.165) is 26.7 Å². The molecule has 0 aromatic heterocycles. The van der Waals surface area contributed by atoms with E-state index in [-0.39, 0.29) is 12.0 Å². The summed E-state index contributed by atoms with van der Waals surface area (Å²) < 4.78 is 7.50. The Morgan fingerprint density at radius 2 is 2.42 bits per heavy atom. The molecule has 19 heavy (non-hydrogen) atoms. The normalized spacial score (nSPS) is 19.2. The molecule has 1 aliphatic heterocycles. The molecule has 1 aromatic rings. The molecular weight excluding hydrogens is 423 g/mol. The lowest BCUT2D eigenvalue weighted by molar-refractivity contribution is 0.0103. The van der Waals surface area contributed by atoms with E-state index in [1.165, 1.54) is 0 Å². The van der Waals surface area contributed by atoms with Gasteiger partial charge in [0.1, 0.15) is 0 Å². The molecule has 1 unspecified atom stereocenters. The molecule has 0 spiro atoms. The number of hydrogen-bond donors (Lipinski definition) is 1. The molecule has 2 rings (SSSR count). The molecule has 1 amide bonds. The highest BCUT2D eigenvalue weighted by molar-refractivity contribution is 14.1. The SMILES string of the molecule is CN(CC1CNCCO1)C(=O)c1cc(Br)ccc1I. The fourth-order valence-corrected chi connectivity index (χ4v) is 2.92. The Labute approximate surface area is 135 Å². The van der Waals surface area contributed by atoms with Crippen molar-refractivity contribution in [2.24, 2.45) is 0 Å². The Hall–Kier alpha value is -0.180. The van der Waals surface area contributed by atoms with Crippen LogP contribution in [0.25, 0.3) is 0 Å². The molecular formula is C13H16BrIN2O2. The molecule has 1 heterocycles. The van der Waals surface area contributed by atoms with Gasteiger partial charge >= 0.3 is 0 Å². The van der Waals surface area contributed by atoms with Gasteiger partial charge in [0.2, 0.25) is 0 Å². The van der Waals surface area contributed by atoms with E-state index in [4.69, 9.17) is 4.74 Å². The van der Waals surface area contributed by atoms with Gasteiger partial charge in [-0.1, -0.05) is 15.9 Å². The third-order valence-electron chi connectivity index (χ3n) is 2.99. The molecule has 0 bridgehead atoms. The van der Waals surface area contributed by atoms with Crippen LogP contribution in [0.4, 0.5) is 0 Å². The zero-order valence-corrected chi connectivity index (χ0v) is 14.4.